The molecule has 1 aromatic rings. The highest BCUT2D eigenvalue weighted by Gasteiger charge is 2.23. The second kappa shape index (κ2) is 4.94. The predicted molar refractivity (Wildman–Crippen MR) is 62.7 cm³/mol. The molecule has 0 bridgehead atoms. The van der Waals surface area contributed by atoms with Gasteiger partial charge in [-0.3, -0.25) is 0 Å². The maximum absolute atomic E-state index is 5.90. The fourth-order valence-corrected chi connectivity index (χ4v) is 3.35. The van der Waals surface area contributed by atoms with E-state index in [0.29, 0.717) is 5.92 Å². The minimum absolute atomic E-state index is 0.626. The highest BCUT2D eigenvalue weighted by Crippen LogP contribution is 2.35. The smallest absolute Gasteiger partial charge is 0.000231 e. The largest absolute Gasteiger partial charge is 0.330 e. The molecule has 1 aliphatic rings. The van der Waals surface area contributed by atoms with E-state index in [-0.39, 0.29) is 0 Å². The third-order valence-corrected chi connectivity index (χ3v) is 4.15. The Morgan fingerprint density at radius 1 is 1.36 bits per heavy atom. The van der Waals surface area contributed by atoms with Crippen LogP contribution in [0.4, 0.5) is 0 Å². The summed E-state index contributed by atoms with van der Waals surface area (Å²) in [6.07, 6.45) is 7.02. The van der Waals surface area contributed by atoms with Gasteiger partial charge in [-0.05, 0) is 53.6 Å². The Labute approximate surface area is 90.3 Å². The molecule has 0 radical (unpaired) electrons. The van der Waals surface area contributed by atoms with Gasteiger partial charge in [0.1, 0.15) is 0 Å². The lowest BCUT2D eigenvalue weighted by atomic mass is 9.77. The second-order valence-electron chi connectivity index (χ2n) is 4.30. The molecule has 1 atom stereocenters. The van der Waals surface area contributed by atoms with Crippen LogP contribution in [-0.4, -0.2) is 6.54 Å². The molecule has 0 aliphatic heterocycles. The first-order valence-electron chi connectivity index (χ1n) is 5.64. The molecule has 1 nitrogen and oxygen atoms in total. The summed E-state index contributed by atoms with van der Waals surface area (Å²) in [4.78, 5) is 0. The van der Waals surface area contributed by atoms with Crippen molar-refractivity contribution in [2.24, 2.45) is 11.7 Å². The molecule has 0 spiro atoms. The first-order chi connectivity index (χ1) is 6.92. The van der Waals surface area contributed by atoms with Gasteiger partial charge in [0, 0.05) is 0 Å². The van der Waals surface area contributed by atoms with E-state index in [0.717, 1.165) is 12.5 Å². The monoisotopic (exact) mass is 209 g/mol. The summed E-state index contributed by atoms with van der Waals surface area (Å²) in [5.41, 5.74) is 7.38. The van der Waals surface area contributed by atoms with Crippen LogP contribution in [0, 0.1) is 5.92 Å². The third kappa shape index (κ3) is 2.18. The summed E-state index contributed by atoms with van der Waals surface area (Å²) < 4.78 is 0. The molecular formula is C12H19NS. The standard InChI is InChI=1S/C12H19NS/c13-8-12(11-6-7-14-9-11)10-4-2-1-3-5-10/h6-7,9-10,12H,1-5,8,13H2. The maximum Gasteiger partial charge on any atom is -0.000231 e. The normalized spacial score (nSPS) is 20.9. The van der Waals surface area contributed by atoms with Crippen LogP contribution >= 0.6 is 11.3 Å². The van der Waals surface area contributed by atoms with Crippen molar-refractivity contribution in [3.63, 3.8) is 0 Å². The summed E-state index contributed by atoms with van der Waals surface area (Å²) in [6, 6.07) is 2.25. The molecule has 1 saturated carbocycles. The zero-order chi connectivity index (χ0) is 9.80. The maximum atomic E-state index is 5.90. The Hall–Kier alpha value is -0.340. The molecular weight excluding hydrogens is 190 g/mol. The Morgan fingerprint density at radius 3 is 2.71 bits per heavy atom. The van der Waals surface area contributed by atoms with E-state index in [1.807, 2.05) is 0 Å². The predicted octanol–water partition coefficient (Wildman–Crippen LogP) is 3.37. The van der Waals surface area contributed by atoms with E-state index in [9.17, 15) is 0 Å². The molecule has 1 aliphatic carbocycles. The van der Waals surface area contributed by atoms with Crippen molar-refractivity contribution < 1.29 is 0 Å². The Morgan fingerprint density at radius 2 is 2.14 bits per heavy atom. The molecule has 1 aromatic heterocycles. The van der Waals surface area contributed by atoms with Crippen LogP contribution in [0.2, 0.25) is 0 Å². The van der Waals surface area contributed by atoms with Crippen LogP contribution in [-0.2, 0) is 0 Å². The van der Waals surface area contributed by atoms with Crippen LogP contribution in [0.15, 0.2) is 16.8 Å². The van der Waals surface area contributed by atoms with E-state index >= 15 is 0 Å². The van der Waals surface area contributed by atoms with Crippen molar-refractivity contribution in [1.82, 2.24) is 0 Å². The van der Waals surface area contributed by atoms with Gasteiger partial charge in [-0.2, -0.15) is 11.3 Å². The van der Waals surface area contributed by atoms with Crippen molar-refractivity contribution in [3.8, 4) is 0 Å². The molecule has 1 heterocycles. The number of nitrogens with two attached hydrogens (primary N) is 1. The molecule has 2 heteroatoms. The third-order valence-electron chi connectivity index (χ3n) is 3.44. The zero-order valence-corrected chi connectivity index (χ0v) is 9.43. The van der Waals surface area contributed by atoms with E-state index in [1.165, 1.54) is 37.7 Å². The first-order valence-corrected chi connectivity index (χ1v) is 6.58. The van der Waals surface area contributed by atoms with Gasteiger partial charge in [-0.15, -0.1) is 0 Å². The molecule has 1 unspecified atom stereocenters. The van der Waals surface area contributed by atoms with Gasteiger partial charge in [0.25, 0.3) is 0 Å². The number of hydrogen-bond donors (Lipinski definition) is 1. The first kappa shape index (κ1) is 10.2. The summed E-state index contributed by atoms with van der Waals surface area (Å²) in [7, 11) is 0. The van der Waals surface area contributed by atoms with E-state index in [2.05, 4.69) is 16.8 Å². The average Bonchev–Trinajstić information content (AvgIpc) is 2.74. The van der Waals surface area contributed by atoms with Gasteiger partial charge in [-0.1, -0.05) is 19.3 Å². The minimum Gasteiger partial charge on any atom is -0.330 e. The lowest BCUT2D eigenvalue weighted by molar-refractivity contribution is 0.308. The van der Waals surface area contributed by atoms with Crippen LogP contribution in [0.3, 0.4) is 0 Å². The van der Waals surface area contributed by atoms with Gasteiger partial charge in [0.05, 0.1) is 0 Å². The lowest BCUT2D eigenvalue weighted by Gasteiger charge is -2.29. The fourth-order valence-electron chi connectivity index (χ4n) is 2.62. The van der Waals surface area contributed by atoms with Crippen molar-refractivity contribution in [2.45, 2.75) is 38.0 Å². The van der Waals surface area contributed by atoms with E-state index < -0.39 is 0 Å². The SMILES string of the molecule is NCC(c1ccsc1)C1CCCCC1. The van der Waals surface area contributed by atoms with Gasteiger partial charge in [0.15, 0.2) is 0 Å². The molecule has 14 heavy (non-hydrogen) atoms. The minimum atomic E-state index is 0.626. The summed E-state index contributed by atoms with van der Waals surface area (Å²) in [5.74, 6) is 1.48. The van der Waals surface area contributed by atoms with Crippen molar-refractivity contribution >= 4 is 11.3 Å². The molecule has 0 amide bonds. The van der Waals surface area contributed by atoms with Gasteiger partial charge in [0.2, 0.25) is 0 Å². The Bertz CT molecular complexity index is 249. The van der Waals surface area contributed by atoms with Crippen molar-refractivity contribution in [1.29, 1.82) is 0 Å². The van der Waals surface area contributed by atoms with Crippen molar-refractivity contribution in [2.75, 3.05) is 6.54 Å². The average molecular weight is 209 g/mol. The second-order valence-corrected chi connectivity index (χ2v) is 5.08. The Balaban J connectivity index is 2.04. The van der Waals surface area contributed by atoms with Crippen molar-refractivity contribution in [3.05, 3.63) is 22.4 Å². The number of hydrogen-bond acceptors (Lipinski definition) is 2. The molecule has 2 N–H and O–H groups in total. The highest BCUT2D eigenvalue weighted by molar-refractivity contribution is 7.07. The number of rotatable bonds is 3. The van der Waals surface area contributed by atoms with Crippen LogP contribution in [0.1, 0.15) is 43.6 Å². The molecule has 0 saturated heterocycles. The van der Waals surface area contributed by atoms with Crippen LogP contribution < -0.4 is 5.73 Å². The van der Waals surface area contributed by atoms with Gasteiger partial charge < -0.3 is 5.73 Å². The summed E-state index contributed by atoms with van der Waals surface area (Å²) in [6.45, 7) is 0.821. The Kier molecular flexibility index (Phi) is 3.60. The number of thiophene rings is 1. The van der Waals surface area contributed by atoms with Gasteiger partial charge >= 0.3 is 0 Å². The zero-order valence-electron chi connectivity index (χ0n) is 8.61. The highest BCUT2D eigenvalue weighted by atomic mass is 32.1. The lowest BCUT2D eigenvalue weighted by Crippen LogP contribution is -2.23. The van der Waals surface area contributed by atoms with E-state index in [4.69, 9.17) is 5.73 Å². The van der Waals surface area contributed by atoms with Gasteiger partial charge in [-0.25, -0.2) is 0 Å². The molecule has 2 rings (SSSR count). The van der Waals surface area contributed by atoms with Crippen LogP contribution in [0.25, 0.3) is 0 Å². The topological polar surface area (TPSA) is 26.0 Å². The summed E-state index contributed by atoms with van der Waals surface area (Å²) in [5, 5.41) is 4.44. The summed E-state index contributed by atoms with van der Waals surface area (Å²) >= 11 is 1.79. The quantitative estimate of drug-likeness (QED) is 0.811. The van der Waals surface area contributed by atoms with E-state index in [1.54, 1.807) is 11.3 Å². The molecule has 0 aromatic carbocycles. The molecule has 1 fully saturated rings. The fraction of sp³-hybridized carbons (Fsp3) is 0.667. The molecule has 78 valence electrons. The van der Waals surface area contributed by atoms with Crippen LogP contribution in [0.5, 0.6) is 0 Å².